The van der Waals surface area contributed by atoms with Crippen molar-refractivity contribution in [2.24, 2.45) is 5.92 Å². The molecule has 1 aliphatic heterocycles. The number of amides is 1. The van der Waals surface area contributed by atoms with E-state index in [-0.39, 0.29) is 17.7 Å². The molecule has 0 spiro atoms. The minimum Gasteiger partial charge on any atom is -0.369 e. The summed E-state index contributed by atoms with van der Waals surface area (Å²) in [6.45, 7) is 2.70. The Morgan fingerprint density at radius 1 is 1.07 bits per heavy atom. The summed E-state index contributed by atoms with van der Waals surface area (Å²) in [7, 11) is 1.61. The van der Waals surface area contributed by atoms with Crippen molar-refractivity contribution in [3.8, 4) is 11.3 Å². The lowest BCUT2D eigenvalue weighted by molar-refractivity contribution is -0.148. The second-order valence-corrected chi connectivity index (χ2v) is 10.7. The number of piperidine rings is 1. The molecule has 0 saturated carbocycles. The first-order valence-electron chi connectivity index (χ1n) is 14.0. The van der Waals surface area contributed by atoms with Crippen LogP contribution < -0.4 is 10.6 Å². The van der Waals surface area contributed by atoms with Crippen LogP contribution in [-0.2, 0) is 6.42 Å². The quantitative estimate of drug-likeness (QED) is 0.290. The van der Waals surface area contributed by atoms with Gasteiger partial charge in [-0.3, -0.25) is 14.7 Å². The summed E-state index contributed by atoms with van der Waals surface area (Å²) in [5.74, 6) is 1.52. The Kier molecular flexibility index (Phi) is 8.91. The lowest BCUT2D eigenvalue weighted by Gasteiger charge is -2.32. The van der Waals surface area contributed by atoms with Gasteiger partial charge < -0.3 is 10.6 Å². The smallest absolute Gasteiger partial charge is 0.369 e. The van der Waals surface area contributed by atoms with Crippen LogP contribution >= 0.6 is 0 Å². The molecule has 0 bridgehead atoms. The number of carbonyl (C=O) groups excluding carboxylic acids is 1. The SMILES string of the molecule is CNC(=O)c1ccnc2c(C(C)CNc3cc(-c4cnc(CC5CCN(CC(F)(F)F)CC5)nc4)ncn3)cccc12. The monoisotopic (exact) mass is 578 g/mol. The van der Waals surface area contributed by atoms with Crippen molar-refractivity contribution in [1.29, 1.82) is 0 Å². The lowest BCUT2D eigenvalue weighted by Crippen LogP contribution is -2.40. The number of halogens is 3. The van der Waals surface area contributed by atoms with Crippen LogP contribution in [0.15, 0.2) is 55.2 Å². The summed E-state index contributed by atoms with van der Waals surface area (Å²) >= 11 is 0. The molecule has 2 N–H and O–H groups in total. The van der Waals surface area contributed by atoms with E-state index in [1.807, 2.05) is 24.3 Å². The van der Waals surface area contributed by atoms with Crippen LogP contribution in [0.25, 0.3) is 22.2 Å². The van der Waals surface area contributed by atoms with Gasteiger partial charge in [0.2, 0.25) is 0 Å². The van der Waals surface area contributed by atoms with Crippen LogP contribution in [0, 0.1) is 5.92 Å². The third-order valence-corrected chi connectivity index (χ3v) is 7.64. The number of aromatic nitrogens is 5. The summed E-state index contributed by atoms with van der Waals surface area (Å²) in [5.41, 5.74) is 3.83. The van der Waals surface area contributed by atoms with Gasteiger partial charge in [0.05, 0.1) is 23.3 Å². The van der Waals surface area contributed by atoms with Crippen LogP contribution in [0.1, 0.15) is 47.4 Å². The molecule has 1 unspecified atom stereocenters. The highest BCUT2D eigenvalue weighted by molar-refractivity contribution is 6.06. The minimum atomic E-state index is -4.16. The number of nitrogens with zero attached hydrogens (tertiary/aromatic N) is 6. The van der Waals surface area contributed by atoms with Crippen molar-refractivity contribution >= 4 is 22.6 Å². The molecule has 5 rings (SSSR count). The molecular formula is C30H33F3N8O. The van der Waals surface area contributed by atoms with Crippen LogP contribution in [0.2, 0.25) is 0 Å². The molecule has 1 aromatic carbocycles. The summed E-state index contributed by atoms with van der Waals surface area (Å²) in [6, 6.07) is 9.42. The normalized spacial score (nSPS) is 15.5. The number of likely N-dealkylation sites (tertiary alicyclic amines) is 1. The number of nitrogens with one attached hydrogen (secondary N) is 2. The van der Waals surface area contributed by atoms with Gasteiger partial charge in [0.15, 0.2) is 0 Å². The van der Waals surface area contributed by atoms with Crippen molar-refractivity contribution in [2.75, 3.05) is 38.5 Å². The Hall–Kier alpha value is -4.19. The fraction of sp³-hybridized carbons (Fsp3) is 0.400. The topological polar surface area (TPSA) is 109 Å². The third kappa shape index (κ3) is 7.17. The number of hydrogen-bond acceptors (Lipinski definition) is 8. The summed E-state index contributed by atoms with van der Waals surface area (Å²) < 4.78 is 37.9. The number of pyridine rings is 1. The van der Waals surface area contributed by atoms with Gasteiger partial charge in [-0.15, -0.1) is 0 Å². The van der Waals surface area contributed by atoms with E-state index >= 15 is 0 Å². The summed E-state index contributed by atoms with van der Waals surface area (Å²) in [6.07, 6.45) is 4.47. The lowest BCUT2D eigenvalue weighted by atomic mass is 9.93. The van der Waals surface area contributed by atoms with E-state index in [0.717, 1.165) is 22.0 Å². The number of carbonyl (C=O) groups is 1. The molecule has 9 nitrogen and oxygen atoms in total. The molecule has 12 heteroatoms. The molecule has 1 atom stereocenters. The second-order valence-electron chi connectivity index (χ2n) is 10.7. The number of rotatable bonds is 9. The molecule has 1 fully saturated rings. The fourth-order valence-electron chi connectivity index (χ4n) is 5.36. The van der Waals surface area contributed by atoms with Crippen molar-refractivity contribution in [2.45, 2.75) is 38.3 Å². The van der Waals surface area contributed by atoms with E-state index in [4.69, 9.17) is 0 Å². The highest BCUT2D eigenvalue weighted by atomic mass is 19.4. The number of anilines is 1. The Morgan fingerprint density at radius 2 is 1.83 bits per heavy atom. The number of hydrogen-bond donors (Lipinski definition) is 2. The van der Waals surface area contributed by atoms with Crippen LogP contribution in [0.5, 0.6) is 0 Å². The Labute approximate surface area is 242 Å². The van der Waals surface area contributed by atoms with E-state index in [1.54, 1.807) is 31.7 Å². The first-order chi connectivity index (χ1) is 20.2. The zero-order chi connectivity index (χ0) is 29.7. The highest BCUT2D eigenvalue weighted by Crippen LogP contribution is 2.28. The number of benzene rings is 1. The van der Waals surface area contributed by atoms with Gasteiger partial charge in [-0.25, -0.2) is 19.9 Å². The van der Waals surface area contributed by atoms with E-state index in [0.29, 0.717) is 61.8 Å². The molecule has 0 radical (unpaired) electrons. The van der Waals surface area contributed by atoms with Gasteiger partial charge in [-0.2, -0.15) is 13.2 Å². The van der Waals surface area contributed by atoms with Gasteiger partial charge in [-0.05, 0) is 43.5 Å². The van der Waals surface area contributed by atoms with Gasteiger partial charge in [0, 0.05) is 61.5 Å². The van der Waals surface area contributed by atoms with Gasteiger partial charge in [0.1, 0.15) is 18.0 Å². The standard InChI is InChI=1S/C30H33F3N8O/c1-19(22-4-3-5-23-24(29(42)34-2)6-9-35-28(22)23)14-36-27-13-25(39-18-40-27)21-15-37-26(38-16-21)12-20-7-10-41(11-8-20)17-30(31,32)33/h3-6,9,13,15-16,18-20H,7-8,10-12,14,17H2,1-2H3,(H,34,42)(H,36,39,40). The van der Waals surface area contributed by atoms with E-state index < -0.39 is 12.7 Å². The molecule has 1 saturated heterocycles. The molecule has 220 valence electrons. The molecule has 0 aliphatic carbocycles. The van der Waals surface area contributed by atoms with E-state index in [9.17, 15) is 18.0 Å². The predicted octanol–water partition coefficient (Wildman–Crippen LogP) is 4.87. The van der Waals surface area contributed by atoms with Crippen LogP contribution in [-0.4, -0.2) is 75.1 Å². The largest absolute Gasteiger partial charge is 0.401 e. The van der Waals surface area contributed by atoms with Crippen molar-refractivity contribution in [1.82, 2.24) is 35.1 Å². The Bertz CT molecular complexity index is 1520. The van der Waals surface area contributed by atoms with Crippen LogP contribution in [0.4, 0.5) is 19.0 Å². The number of fused-ring (bicyclic) bond motifs is 1. The fourth-order valence-corrected chi connectivity index (χ4v) is 5.36. The van der Waals surface area contributed by atoms with Crippen molar-refractivity contribution in [3.63, 3.8) is 0 Å². The Morgan fingerprint density at radius 3 is 2.55 bits per heavy atom. The zero-order valence-corrected chi connectivity index (χ0v) is 23.5. The van der Waals surface area contributed by atoms with Crippen molar-refractivity contribution < 1.29 is 18.0 Å². The van der Waals surface area contributed by atoms with E-state index in [1.165, 1.54) is 11.2 Å². The number of alkyl halides is 3. The third-order valence-electron chi connectivity index (χ3n) is 7.64. The Balaban J connectivity index is 1.19. The zero-order valence-electron chi connectivity index (χ0n) is 23.5. The molecular weight excluding hydrogens is 545 g/mol. The summed E-state index contributed by atoms with van der Waals surface area (Å²) in [4.78, 5) is 36.1. The van der Waals surface area contributed by atoms with E-state index in [2.05, 4.69) is 42.5 Å². The van der Waals surface area contributed by atoms with Gasteiger partial charge >= 0.3 is 6.18 Å². The van der Waals surface area contributed by atoms with Crippen LogP contribution in [0.3, 0.4) is 0 Å². The first kappa shape index (κ1) is 29.3. The number of para-hydroxylation sites is 1. The van der Waals surface area contributed by atoms with Gasteiger partial charge in [0.25, 0.3) is 5.91 Å². The van der Waals surface area contributed by atoms with Crippen molar-refractivity contribution in [3.05, 3.63) is 72.2 Å². The summed E-state index contributed by atoms with van der Waals surface area (Å²) in [5, 5.41) is 6.86. The molecule has 1 amide bonds. The molecule has 3 aromatic heterocycles. The predicted molar refractivity (Wildman–Crippen MR) is 154 cm³/mol. The molecule has 42 heavy (non-hydrogen) atoms. The maximum Gasteiger partial charge on any atom is 0.401 e. The minimum absolute atomic E-state index is 0.0718. The highest BCUT2D eigenvalue weighted by Gasteiger charge is 2.32. The average molecular weight is 579 g/mol. The molecule has 1 aliphatic rings. The van der Waals surface area contributed by atoms with Gasteiger partial charge in [-0.1, -0.05) is 25.1 Å². The second kappa shape index (κ2) is 12.8. The average Bonchev–Trinajstić information content (AvgIpc) is 2.99. The maximum absolute atomic E-state index is 12.6. The molecule has 4 heterocycles. The maximum atomic E-state index is 12.6. The first-order valence-corrected chi connectivity index (χ1v) is 14.0. The molecule has 4 aromatic rings.